The molecule has 0 amide bonds. The fourth-order valence-corrected chi connectivity index (χ4v) is 3.23. The van der Waals surface area contributed by atoms with Gasteiger partial charge in [-0.2, -0.15) is 18.3 Å². The topological polar surface area (TPSA) is 30.2 Å². The van der Waals surface area contributed by atoms with E-state index in [0.717, 1.165) is 18.1 Å². The largest absolute Gasteiger partial charge is 0.416 e. The van der Waals surface area contributed by atoms with Gasteiger partial charge in [0, 0.05) is 18.0 Å². The molecule has 0 bridgehead atoms. The van der Waals surface area contributed by atoms with E-state index in [2.05, 4.69) is 10.1 Å². The van der Waals surface area contributed by atoms with Gasteiger partial charge in [0.2, 0.25) is 0 Å². The summed E-state index contributed by atoms with van der Waals surface area (Å²) in [6, 6.07) is 7.28. The average molecular weight is 338 g/mol. The van der Waals surface area contributed by atoms with Crippen LogP contribution in [0.1, 0.15) is 34.9 Å². The minimum absolute atomic E-state index is 0.0521. The van der Waals surface area contributed by atoms with Crippen molar-refractivity contribution in [2.24, 2.45) is 0 Å². The number of hydrogen-bond acceptors (Lipinski definition) is 2. The lowest BCUT2D eigenvalue weighted by Gasteiger charge is -2.09. The molecule has 0 aliphatic heterocycles. The zero-order valence-electron chi connectivity index (χ0n) is 11.8. The zero-order chi connectivity index (χ0) is 16.2. The summed E-state index contributed by atoms with van der Waals surface area (Å²) < 4.78 is 40.2. The Morgan fingerprint density at radius 1 is 1.17 bits per heavy atom. The molecule has 7 heteroatoms. The molecule has 4 rings (SSSR count). The van der Waals surface area contributed by atoms with Gasteiger partial charge >= 0.3 is 6.18 Å². The Morgan fingerprint density at radius 2 is 2.00 bits per heavy atom. The predicted molar refractivity (Wildman–Crippen MR) is 79.5 cm³/mol. The van der Waals surface area contributed by atoms with Gasteiger partial charge in [-0.3, -0.25) is 0 Å². The molecule has 2 heterocycles. The highest BCUT2D eigenvalue weighted by Gasteiger charge is 2.42. The van der Waals surface area contributed by atoms with Gasteiger partial charge in [0.1, 0.15) is 5.15 Å². The number of nitrogens with zero attached hydrogens (tertiary/aromatic N) is 3. The summed E-state index contributed by atoms with van der Waals surface area (Å²) in [4.78, 5) is 4.27. The van der Waals surface area contributed by atoms with Crippen molar-refractivity contribution in [2.75, 3.05) is 0 Å². The van der Waals surface area contributed by atoms with E-state index in [1.165, 1.54) is 12.1 Å². The monoisotopic (exact) mass is 337 g/mol. The third-order valence-electron chi connectivity index (χ3n) is 4.19. The highest BCUT2D eigenvalue weighted by atomic mass is 35.5. The second-order valence-corrected chi connectivity index (χ2v) is 6.08. The molecule has 0 saturated heterocycles. The Morgan fingerprint density at radius 3 is 2.78 bits per heavy atom. The van der Waals surface area contributed by atoms with Gasteiger partial charge in [-0.15, -0.1) is 0 Å². The first kappa shape index (κ1) is 14.5. The van der Waals surface area contributed by atoms with E-state index >= 15 is 0 Å². The molecule has 118 valence electrons. The van der Waals surface area contributed by atoms with Crippen molar-refractivity contribution in [3.63, 3.8) is 0 Å². The minimum Gasteiger partial charge on any atom is -0.235 e. The molecule has 2 unspecified atom stereocenters. The standard InChI is InChI=1S/C16H11ClF3N3/c17-14-8-13(15-21-4-5-23(15)22-14)12-7-11(12)9-2-1-3-10(6-9)16(18,19)20/h1-6,8,11-12H,7H2. The van der Waals surface area contributed by atoms with Crippen molar-refractivity contribution in [3.8, 4) is 0 Å². The normalized spacial score (nSPS) is 20.9. The van der Waals surface area contributed by atoms with E-state index < -0.39 is 11.7 Å². The molecule has 3 nitrogen and oxygen atoms in total. The Kier molecular flexibility index (Phi) is 3.13. The quantitative estimate of drug-likeness (QED) is 0.680. The first-order chi connectivity index (χ1) is 10.9. The van der Waals surface area contributed by atoms with Crippen LogP contribution in [0.5, 0.6) is 0 Å². The summed E-state index contributed by atoms with van der Waals surface area (Å²) in [7, 11) is 0. The molecule has 0 N–H and O–H groups in total. The molecule has 3 aromatic rings. The first-order valence-electron chi connectivity index (χ1n) is 7.10. The van der Waals surface area contributed by atoms with E-state index in [-0.39, 0.29) is 11.8 Å². The lowest BCUT2D eigenvalue weighted by molar-refractivity contribution is -0.137. The molecule has 2 aromatic heterocycles. The van der Waals surface area contributed by atoms with Crippen LogP contribution < -0.4 is 0 Å². The minimum atomic E-state index is -4.32. The van der Waals surface area contributed by atoms with Crippen LogP contribution in [0.15, 0.2) is 42.7 Å². The smallest absolute Gasteiger partial charge is 0.235 e. The Hall–Kier alpha value is -2.08. The maximum atomic E-state index is 12.9. The van der Waals surface area contributed by atoms with Crippen molar-refractivity contribution in [2.45, 2.75) is 24.4 Å². The number of imidazole rings is 1. The molecule has 2 atom stereocenters. The number of fused-ring (bicyclic) bond motifs is 1. The average Bonchev–Trinajstić information content (AvgIpc) is 3.16. The van der Waals surface area contributed by atoms with Crippen LogP contribution in [0.3, 0.4) is 0 Å². The van der Waals surface area contributed by atoms with Crippen LogP contribution in [-0.2, 0) is 6.18 Å². The number of halogens is 4. The second kappa shape index (κ2) is 4.96. The molecule has 0 radical (unpaired) electrons. The van der Waals surface area contributed by atoms with Crippen LogP contribution in [0.2, 0.25) is 5.15 Å². The van der Waals surface area contributed by atoms with Gasteiger partial charge in [0.25, 0.3) is 0 Å². The molecule has 1 aliphatic rings. The van der Waals surface area contributed by atoms with Crippen molar-refractivity contribution in [1.82, 2.24) is 14.6 Å². The van der Waals surface area contributed by atoms with Gasteiger partial charge in [0.15, 0.2) is 5.65 Å². The van der Waals surface area contributed by atoms with Crippen molar-refractivity contribution in [1.29, 1.82) is 0 Å². The van der Waals surface area contributed by atoms with E-state index in [1.807, 2.05) is 0 Å². The van der Waals surface area contributed by atoms with Gasteiger partial charge in [-0.1, -0.05) is 29.8 Å². The van der Waals surface area contributed by atoms with Crippen molar-refractivity contribution in [3.05, 3.63) is 64.6 Å². The van der Waals surface area contributed by atoms with E-state index in [1.54, 1.807) is 29.0 Å². The van der Waals surface area contributed by atoms with Gasteiger partial charge in [0.05, 0.1) is 5.56 Å². The van der Waals surface area contributed by atoms with Crippen LogP contribution in [0, 0.1) is 0 Å². The summed E-state index contributed by atoms with van der Waals surface area (Å²) in [5.74, 6) is 0.167. The van der Waals surface area contributed by atoms with Crippen LogP contribution in [0.25, 0.3) is 5.65 Å². The maximum absolute atomic E-state index is 12.9. The number of hydrogen-bond donors (Lipinski definition) is 0. The van der Waals surface area contributed by atoms with Crippen LogP contribution in [-0.4, -0.2) is 14.6 Å². The Labute approximate surface area is 134 Å². The molecule has 1 aliphatic carbocycles. The Bertz CT molecular complexity index is 888. The van der Waals surface area contributed by atoms with E-state index in [9.17, 15) is 13.2 Å². The van der Waals surface area contributed by atoms with Crippen molar-refractivity contribution >= 4 is 17.2 Å². The maximum Gasteiger partial charge on any atom is 0.416 e. The molecule has 1 aromatic carbocycles. The fourth-order valence-electron chi connectivity index (χ4n) is 3.03. The van der Waals surface area contributed by atoms with Gasteiger partial charge < -0.3 is 0 Å². The lowest BCUT2D eigenvalue weighted by atomic mass is 10.0. The molecular weight excluding hydrogens is 327 g/mol. The summed E-state index contributed by atoms with van der Waals surface area (Å²) in [6.45, 7) is 0. The van der Waals surface area contributed by atoms with Gasteiger partial charge in [-0.05, 0) is 36.0 Å². The second-order valence-electron chi connectivity index (χ2n) is 5.69. The molecule has 23 heavy (non-hydrogen) atoms. The first-order valence-corrected chi connectivity index (χ1v) is 7.48. The number of aromatic nitrogens is 3. The predicted octanol–water partition coefficient (Wildman–Crippen LogP) is 4.67. The third kappa shape index (κ3) is 2.57. The highest BCUT2D eigenvalue weighted by molar-refractivity contribution is 6.29. The summed E-state index contributed by atoms with van der Waals surface area (Å²) in [5.41, 5.74) is 1.72. The van der Waals surface area contributed by atoms with E-state index in [0.29, 0.717) is 16.4 Å². The molecule has 1 fully saturated rings. The molecular formula is C16H11ClF3N3. The zero-order valence-corrected chi connectivity index (χ0v) is 12.5. The van der Waals surface area contributed by atoms with E-state index in [4.69, 9.17) is 11.6 Å². The van der Waals surface area contributed by atoms with Crippen LogP contribution in [0.4, 0.5) is 13.2 Å². The molecule has 1 saturated carbocycles. The SMILES string of the molecule is FC(F)(F)c1cccc(C2CC2c2cc(Cl)nn3ccnc23)c1. The summed E-state index contributed by atoms with van der Waals surface area (Å²) >= 11 is 6.02. The van der Waals surface area contributed by atoms with Crippen molar-refractivity contribution < 1.29 is 13.2 Å². The van der Waals surface area contributed by atoms with Gasteiger partial charge in [-0.25, -0.2) is 9.50 Å². The number of rotatable bonds is 2. The highest BCUT2D eigenvalue weighted by Crippen LogP contribution is 2.56. The Balaban J connectivity index is 1.69. The summed E-state index contributed by atoms with van der Waals surface area (Å²) in [5, 5.41) is 4.47. The number of benzene rings is 1. The summed E-state index contributed by atoms with van der Waals surface area (Å²) in [6.07, 6.45) is -0.211. The fraction of sp³-hybridized carbons (Fsp3) is 0.250. The van der Waals surface area contributed by atoms with Crippen LogP contribution >= 0.6 is 11.6 Å². The number of alkyl halides is 3. The third-order valence-corrected chi connectivity index (χ3v) is 4.37. The molecule has 0 spiro atoms. The lowest BCUT2D eigenvalue weighted by Crippen LogP contribution is -2.05.